The number of nitrogens with one attached hydrogen (secondary N) is 2. The summed E-state index contributed by atoms with van der Waals surface area (Å²) in [6, 6.07) is 16.2. The van der Waals surface area contributed by atoms with Crippen molar-refractivity contribution >= 4 is 12.0 Å². The smallest absolute Gasteiger partial charge is 0.443 e. The summed E-state index contributed by atoms with van der Waals surface area (Å²) >= 11 is 0. The van der Waals surface area contributed by atoms with Crippen molar-refractivity contribution in [1.82, 2.24) is 15.8 Å². The topological polar surface area (TPSA) is 90.9 Å². The van der Waals surface area contributed by atoms with Crippen molar-refractivity contribution < 1.29 is 32.6 Å². The Labute approximate surface area is 196 Å². The quantitative estimate of drug-likeness (QED) is 0.477. The van der Waals surface area contributed by atoms with Gasteiger partial charge in [-0.25, -0.2) is 15.2 Å². The number of benzene rings is 2. The molecule has 2 aromatic rings. The summed E-state index contributed by atoms with van der Waals surface area (Å²) in [5, 5.41) is 13.7. The van der Waals surface area contributed by atoms with Crippen molar-refractivity contribution in [1.29, 1.82) is 0 Å². The van der Waals surface area contributed by atoms with Crippen LogP contribution in [0.25, 0.3) is 0 Å². The maximum absolute atomic E-state index is 12.9. The molecule has 0 saturated carbocycles. The molecule has 10 heteroatoms. The molecule has 0 fully saturated rings. The first-order valence-electron chi connectivity index (χ1n) is 10.7. The predicted molar refractivity (Wildman–Crippen MR) is 120 cm³/mol. The van der Waals surface area contributed by atoms with Gasteiger partial charge in [-0.15, -0.1) is 0 Å². The van der Waals surface area contributed by atoms with Crippen molar-refractivity contribution in [3.05, 3.63) is 71.8 Å². The summed E-state index contributed by atoms with van der Waals surface area (Å²) in [5.41, 5.74) is 3.45. The van der Waals surface area contributed by atoms with Crippen LogP contribution in [-0.4, -0.2) is 52.6 Å². The second-order valence-electron chi connectivity index (χ2n) is 8.75. The highest BCUT2D eigenvalue weighted by molar-refractivity contribution is 5.82. The summed E-state index contributed by atoms with van der Waals surface area (Å²) in [7, 11) is 0. The first kappa shape index (κ1) is 27.1. The number of ether oxygens (including phenoxy) is 1. The molecule has 2 atom stereocenters. The van der Waals surface area contributed by atoms with E-state index in [4.69, 9.17) is 4.74 Å². The van der Waals surface area contributed by atoms with E-state index in [0.29, 0.717) is 5.56 Å². The van der Waals surface area contributed by atoms with Crippen LogP contribution < -0.4 is 10.7 Å². The lowest BCUT2D eigenvalue weighted by molar-refractivity contribution is -0.175. The molecule has 0 aliphatic heterocycles. The van der Waals surface area contributed by atoms with Crippen molar-refractivity contribution in [3.63, 3.8) is 0 Å². The van der Waals surface area contributed by atoms with Gasteiger partial charge in [0.25, 0.3) is 0 Å². The Morgan fingerprint density at radius 3 is 2.00 bits per heavy atom. The Kier molecular flexibility index (Phi) is 9.46. The van der Waals surface area contributed by atoms with Crippen LogP contribution >= 0.6 is 0 Å². The number of nitrogens with zero attached hydrogens (tertiary/aromatic N) is 1. The number of aliphatic hydroxyl groups is 1. The second-order valence-corrected chi connectivity index (χ2v) is 8.75. The molecular weight excluding hydrogens is 451 g/mol. The van der Waals surface area contributed by atoms with E-state index in [1.807, 2.05) is 35.6 Å². The number of carbonyl (C=O) groups is 2. The van der Waals surface area contributed by atoms with Crippen LogP contribution in [0.1, 0.15) is 31.9 Å². The zero-order valence-corrected chi connectivity index (χ0v) is 19.3. The van der Waals surface area contributed by atoms with E-state index in [0.717, 1.165) is 10.6 Å². The number of hydrogen-bond donors (Lipinski definition) is 3. The Bertz CT molecular complexity index is 919. The zero-order chi connectivity index (χ0) is 25.4. The number of hydrogen-bond acceptors (Lipinski definition) is 5. The molecule has 0 saturated heterocycles. The molecule has 34 heavy (non-hydrogen) atoms. The summed E-state index contributed by atoms with van der Waals surface area (Å²) in [5.74, 6) is -2.17. The molecule has 0 unspecified atom stereocenters. The molecule has 0 bridgehead atoms. The summed E-state index contributed by atoms with van der Waals surface area (Å²) in [6.07, 6.45) is -7.55. The third-order valence-electron chi connectivity index (χ3n) is 4.64. The first-order chi connectivity index (χ1) is 15.8. The molecule has 0 heterocycles. The van der Waals surface area contributed by atoms with E-state index in [-0.39, 0.29) is 13.0 Å². The van der Waals surface area contributed by atoms with E-state index in [1.165, 1.54) is 0 Å². The molecule has 0 spiro atoms. The fourth-order valence-corrected chi connectivity index (χ4v) is 3.02. The van der Waals surface area contributed by atoms with E-state index < -0.39 is 42.5 Å². The number of rotatable bonds is 9. The van der Waals surface area contributed by atoms with Gasteiger partial charge in [-0.1, -0.05) is 60.7 Å². The van der Waals surface area contributed by atoms with Gasteiger partial charge in [0, 0.05) is 6.54 Å². The summed E-state index contributed by atoms with van der Waals surface area (Å²) in [4.78, 5) is 24.4. The van der Waals surface area contributed by atoms with E-state index >= 15 is 0 Å². The van der Waals surface area contributed by atoms with Crippen molar-refractivity contribution in [2.24, 2.45) is 0 Å². The maximum Gasteiger partial charge on any atom is 0.471 e. The van der Waals surface area contributed by atoms with Crippen LogP contribution in [0.5, 0.6) is 0 Å². The van der Waals surface area contributed by atoms with Gasteiger partial charge in [-0.3, -0.25) is 4.79 Å². The number of alkyl halides is 3. The summed E-state index contributed by atoms with van der Waals surface area (Å²) in [6.45, 7) is 4.76. The van der Waals surface area contributed by atoms with Crippen molar-refractivity contribution in [2.45, 2.75) is 57.7 Å². The third kappa shape index (κ3) is 9.40. The normalized spacial score (nSPS) is 13.6. The molecule has 2 aromatic carbocycles. The lowest BCUT2D eigenvalue weighted by Gasteiger charge is -2.32. The molecule has 0 aromatic heterocycles. The van der Waals surface area contributed by atoms with Gasteiger partial charge in [-0.2, -0.15) is 13.2 Å². The van der Waals surface area contributed by atoms with Gasteiger partial charge in [0.1, 0.15) is 5.60 Å². The van der Waals surface area contributed by atoms with E-state index in [2.05, 4.69) is 5.43 Å². The minimum absolute atomic E-state index is 0.0787. The zero-order valence-electron chi connectivity index (χ0n) is 19.3. The Balaban J connectivity index is 2.21. The number of hydrazine groups is 1. The Morgan fingerprint density at radius 2 is 1.50 bits per heavy atom. The largest absolute Gasteiger partial charge is 0.471 e. The van der Waals surface area contributed by atoms with Gasteiger partial charge < -0.3 is 15.2 Å². The predicted octanol–water partition coefficient (Wildman–Crippen LogP) is 3.58. The van der Waals surface area contributed by atoms with Crippen molar-refractivity contribution in [2.75, 3.05) is 6.54 Å². The van der Waals surface area contributed by atoms with Crippen LogP contribution in [0.4, 0.5) is 18.0 Å². The standard InChI is InChI=1S/C24H30F3N3O4/c1-23(2,3)34-22(33)30(28-15-18-12-8-5-9-13-18)16-20(31)19(29-21(32)24(25,26)27)14-17-10-6-4-7-11-17/h4-13,19-20,28,31H,14-16H2,1-3H3,(H,29,32)/t19-,20-/m0/s1. The van der Waals surface area contributed by atoms with E-state index in [9.17, 15) is 27.9 Å². The van der Waals surface area contributed by atoms with Crippen LogP contribution in [-0.2, 0) is 22.5 Å². The number of halogens is 3. The molecule has 2 rings (SSSR count). The highest BCUT2D eigenvalue weighted by Crippen LogP contribution is 2.17. The van der Waals surface area contributed by atoms with Crippen molar-refractivity contribution in [3.8, 4) is 0 Å². The Morgan fingerprint density at radius 1 is 0.971 bits per heavy atom. The summed E-state index contributed by atoms with van der Waals surface area (Å²) < 4.78 is 44.1. The fourth-order valence-electron chi connectivity index (χ4n) is 3.02. The third-order valence-corrected chi connectivity index (χ3v) is 4.64. The SMILES string of the molecule is CC(C)(C)OC(=O)N(C[C@H](O)[C@H](Cc1ccccc1)NC(=O)C(F)(F)F)NCc1ccccc1. The van der Waals surface area contributed by atoms with Gasteiger partial charge >= 0.3 is 18.2 Å². The molecule has 0 aliphatic rings. The number of amides is 2. The van der Waals surface area contributed by atoms with E-state index in [1.54, 1.807) is 51.1 Å². The van der Waals surface area contributed by atoms with Crippen LogP contribution in [0.3, 0.4) is 0 Å². The lowest BCUT2D eigenvalue weighted by Crippen LogP contribution is -2.56. The van der Waals surface area contributed by atoms with Crippen LogP contribution in [0.2, 0.25) is 0 Å². The Hall–Kier alpha value is -3.11. The highest BCUT2D eigenvalue weighted by Gasteiger charge is 2.41. The van der Waals surface area contributed by atoms with Gasteiger partial charge in [0.05, 0.1) is 18.7 Å². The first-order valence-corrected chi connectivity index (χ1v) is 10.7. The minimum atomic E-state index is -5.12. The fraction of sp³-hybridized carbons (Fsp3) is 0.417. The molecule has 0 aliphatic carbocycles. The number of aliphatic hydroxyl groups excluding tert-OH is 1. The second kappa shape index (κ2) is 11.8. The molecular formula is C24H30F3N3O4. The van der Waals surface area contributed by atoms with Crippen LogP contribution in [0, 0.1) is 0 Å². The maximum atomic E-state index is 12.9. The average molecular weight is 482 g/mol. The molecule has 3 N–H and O–H groups in total. The molecule has 0 radical (unpaired) electrons. The van der Waals surface area contributed by atoms with Gasteiger partial charge in [0.2, 0.25) is 0 Å². The molecule has 2 amide bonds. The molecule has 186 valence electrons. The average Bonchev–Trinajstić information content (AvgIpc) is 2.75. The highest BCUT2D eigenvalue weighted by atomic mass is 19.4. The monoisotopic (exact) mass is 481 g/mol. The van der Waals surface area contributed by atoms with Gasteiger partial charge in [-0.05, 0) is 38.3 Å². The number of carbonyl (C=O) groups excluding carboxylic acids is 2. The lowest BCUT2D eigenvalue weighted by atomic mass is 10.0. The minimum Gasteiger partial charge on any atom is -0.443 e. The van der Waals surface area contributed by atoms with Crippen LogP contribution in [0.15, 0.2) is 60.7 Å². The molecule has 7 nitrogen and oxygen atoms in total. The van der Waals surface area contributed by atoms with Gasteiger partial charge in [0.15, 0.2) is 0 Å².